The molecule has 0 heterocycles. The van der Waals surface area contributed by atoms with Crippen LogP contribution < -0.4 is 0 Å². The van der Waals surface area contributed by atoms with Crippen LogP contribution in [0.5, 0.6) is 0 Å². The van der Waals surface area contributed by atoms with Crippen molar-refractivity contribution >= 4 is 23.2 Å². The van der Waals surface area contributed by atoms with Gasteiger partial charge in [-0.1, -0.05) is 47.0 Å². The molecule has 2 aromatic rings. The molecule has 0 fully saturated rings. The largest absolute Gasteiger partial charge is 0.0843 e. The van der Waals surface area contributed by atoms with Crippen LogP contribution in [0.15, 0.2) is 36.4 Å². The second-order valence-corrected chi connectivity index (χ2v) is 4.79. The van der Waals surface area contributed by atoms with Crippen LogP contribution in [0.1, 0.15) is 11.1 Å². The van der Waals surface area contributed by atoms with Gasteiger partial charge in [-0.05, 0) is 43.2 Å². The zero-order chi connectivity index (χ0) is 11.7. The Morgan fingerprint density at radius 2 is 1.56 bits per heavy atom. The summed E-state index contributed by atoms with van der Waals surface area (Å²) < 4.78 is 0. The lowest BCUT2D eigenvalue weighted by Gasteiger charge is -2.09. The van der Waals surface area contributed by atoms with E-state index in [0.29, 0.717) is 5.02 Å². The SMILES string of the molecule is Cc1ccc(C)c(-c2cc(Cl)ccc2Cl)c1. The standard InChI is InChI=1S/C14H12Cl2/c1-9-3-4-10(2)12(7-9)13-8-11(15)5-6-14(13)16/h3-8H,1-2H3. The highest BCUT2D eigenvalue weighted by molar-refractivity contribution is 6.35. The van der Waals surface area contributed by atoms with Crippen LogP contribution in [0.3, 0.4) is 0 Å². The van der Waals surface area contributed by atoms with E-state index in [1.807, 2.05) is 12.1 Å². The van der Waals surface area contributed by atoms with Gasteiger partial charge in [-0.25, -0.2) is 0 Å². The maximum absolute atomic E-state index is 6.20. The summed E-state index contributed by atoms with van der Waals surface area (Å²) in [5.74, 6) is 0. The van der Waals surface area contributed by atoms with Gasteiger partial charge in [-0.15, -0.1) is 0 Å². The van der Waals surface area contributed by atoms with Crippen LogP contribution >= 0.6 is 23.2 Å². The molecule has 0 aliphatic carbocycles. The fourth-order valence-corrected chi connectivity index (χ4v) is 2.12. The second kappa shape index (κ2) is 4.48. The van der Waals surface area contributed by atoms with E-state index in [1.54, 1.807) is 6.07 Å². The molecular formula is C14H12Cl2. The van der Waals surface area contributed by atoms with Crippen LogP contribution in [0.2, 0.25) is 10.0 Å². The Bertz CT molecular complexity index is 481. The Morgan fingerprint density at radius 3 is 2.31 bits per heavy atom. The van der Waals surface area contributed by atoms with E-state index in [1.165, 1.54) is 11.1 Å². The average molecular weight is 251 g/mol. The number of halogens is 2. The summed E-state index contributed by atoms with van der Waals surface area (Å²) in [6.07, 6.45) is 0. The molecule has 0 radical (unpaired) electrons. The maximum atomic E-state index is 6.20. The van der Waals surface area contributed by atoms with Crippen LogP contribution in [0, 0.1) is 13.8 Å². The molecule has 0 atom stereocenters. The molecule has 0 aliphatic heterocycles. The molecule has 2 rings (SSSR count). The number of benzene rings is 2. The molecule has 2 heteroatoms. The molecule has 82 valence electrons. The van der Waals surface area contributed by atoms with Gasteiger partial charge in [0.1, 0.15) is 0 Å². The van der Waals surface area contributed by atoms with Crippen molar-refractivity contribution in [2.75, 3.05) is 0 Å². The summed E-state index contributed by atoms with van der Waals surface area (Å²) in [6.45, 7) is 4.15. The van der Waals surface area contributed by atoms with E-state index in [9.17, 15) is 0 Å². The fourth-order valence-electron chi connectivity index (χ4n) is 1.73. The van der Waals surface area contributed by atoms with Crippen LogP contribution in [-0.2, 0) is 0 Å². The van der Waals surface area contributed by atoms with E-state index in [0.717, 1.165) is 16.1 Å². The van der Waals surface area contributed by atoms with Crippen LogP contribution in [0.4, 0.5) is 0 Å². The lowest BCUT2D eigenvalue weighted by Crippen LogP contribution is -1.86. The first-order valence-electron chi connectivity index (χ1n) is 5.10. The van der Waals surface area contributed by atoms with Gasteiger partial charge in [0, 0.05) is 15.6 Å². The molecule has 0 bridgehead atoms. The van der Waals surface area contributed by atoms with Gasteiger partial charge in [-0.2, -0.15) is 0 Å². The lowest BCUT2D eigenvalue weighted by molar-refractivity contribution is 1.39. The number of hydrogen-bond acceptors (Lipinski definition) is 0. The molecule has 0 aromatic heterocycles. The van der Waals surface area contributed by atoms with Crippen molar-refractivity contribution in [1.82, 2.24) is 0 Å². The summed E-state index contributed by atoms with van der Waals surface area (Å²) in [5, 5.41) is 1.44. The molecule has 0 saturated carbocycles. The van der Waals surface area contributed by atoms with Gasteiger partial charge in [0.2, 0.25) is 0 Å². The fraction of sp³-hybridized carbons (Fsp3) is 0.143. The molecule has 0 aliphatic rings. The normalized spacial score (nSPS) is 10.5. The number of rotatable bonds is 1. The number of aryl methyl sites for hydroxylation is 2. The third kappa shape index (κ3) is 2.23. The highest BCUT2D eigenvalue weighted by atomic mass is 35.5. The van der Waals surface area contributed by atoms with Crippen molar-refractivity contribution in [2.45, 2.75) is 13.8 Å². The van der Waals surface area contributed by atoms with Crippen molar-refractivity contribution in [3.63, 3.8) is 0 Å². The Balaban J connectivity index is 2.66. The highest BCUT2D eigenvalue weighted by Crippen LogP contribution is 2.33. The maximum Gasteiger partial charge on any atom is 0.0485 e. The molecule has 0 unspecified atom stereocenters. The molecule has 2 aromatic carbocycles. The third-order valence-electron chi connectivity index (χ3n) is 2.61. The minimum Gasteiger partial charge on any atom is -0.0843 e. The Morgan fingerprint density at radius 1 is 0.812 bits per heavy atom. The van der Waals surface area contributed by atoms with Crippen molar-refractivity contribution in [1.29, 1.82) is 0 Å². The minimum absolute atomic E-state index is 0.709. The van der Waals surface area contributed by atoms with Gasteiger partial charge in [0.05, 0.1) is 0 Å². The average Bonchev–Trinajstić information content (AvgIpc) is 2.25. The van der Waals surface area contributed by atoms with E-state index < -0.39 is 0 Å². The van der Waals surface area contributed by atoms with Crippen molar-refractivity contribution in [3.8, 4) is 11.1 Å². The summed E-state index contributed by atoms with van der Waals surface area (Å²) >= 11 is 12.2. The van der Waals surface area contributed by atoms with Gasteiger partial charge in [0.25, 0.3) is 0 Å². The summed E-state index contributed by atoms with van der Waals surface area (Å²) in [6, 6.07) is 11.9. The molecule has 0 spiro atoms. The molecule has 0 nitrogen and oxygen atoms in total. The molecule has 16 heavy (non-hydrogen) atoms. The summed E-state index contributed by atoms with van der Waals surface area (Å²) in [5.41, 5.74) is 4.56. The molecule has 0 amide bonds. The van der Waals surface area contributed by atoms with Gasteiger partial charge in [0.15, 0.2) is 0 Å². The first-order valence-corrected chi connectivity index (χ1v) is 5.86. The Kier molecular flexibility index (Phi) is 3.22. The molecule has 0 saturated heterocycles. The Labute approximate surface area is 106 Å². The van der Waals surface area contributed by atoms with Gasteiger partial charge >= 0.3 is 0 Å². The second-order valence-electron chi connectivity index (χ2n) is 3.94. The number of hydrogen-bond donors (Lipinski definition) is 0. The molecular weight excluding hydrogens is 239 g/mol. The topological polar surface area (TPSA) is 0 Å². The van der Waals surface area contributed by atoms with E-state index >= 15 is 0 Å². The van der Waals surface area contributed by atoms with Crippen molar-refractivity contribution < 1.29 is 0 Å². The minimum atomic E-state index is 0.709. The highest BCUT2D eigenvalue weighted by Gasteiger charge is 2.07. The quantitative estimate of drug-likeness (QED) is 0.647. The third-order valence-corrected chi connectivity index (χ3v) is 3.18. The monoisotopic (exact) mass is 250 g/mol. The zero-order valence-electron chi connectivity index (χ0n) is 9.22. The summed E-state index contributed by atoms with van der Waals surface area (Å²) in [4.78, 5) is 0. The first kappa shape index (κ1) is 11.5. The van der Waals surface area contributed by atoms with Crippen LogP contribution in [0.25, 0.3) is 11.1 Å². The van der Waals surface area contributed by atoms with E-state index in [-0.39, 0.29) is 0 Å². The summed E-state index contributed by atoms with van der Waals surface area (Å²) in [7, 11) is 0. The van der Waals surface area contributed by atoms with Crippen LogP contribution in [-0.4, -0.2) is 0 Å². The van der Waals surface area contributed by atoms with Gasteiger partial charge < -0.3 is 0 Å². The smallest absolute Gasteiger partial charge is 0.0485 e. The van der Waals surface area contributed by atoms with E-state index in [4.69, 9.17) is 23.2 Å². The van der Waals surface area contributed by atoms with Crippen molar-refractivity contribution in [3.05, 3.63) is 57.6 Å². The Hall–Kier alpha value is -0.980. The van der Waals surface area contributed by atoms with Gasteiger partial charge in [-0.3, -0.25) is 0 Å². The molecule has 0 N–H and O–H groups in total. The predicted molar refractivity (Wildman–Crippen MR) is 71.4 cm³/mol. The van der Waals surface area contributed by atoms with E-state index in [2.05, 4.69) is 32.0 Å². The zero-order valence-corrected chi connectivity index (χ0v) is 10.7. The lowest BCUT2D eigenvalue weighted by atomic mass is 9.98. The first-order chi connectivity index (χ1) is 7.58. The predicted octanol–water partition coefficient (Wildman–Crippen LogP) is 5.28. The van der Waals surface area contributed by atoms with Crippen molar-refractivity contribution in [2.24, 2.45) is 0 Å².